The summed E-state index contributed by atoms with van der Waals surface area (Å²) < 4.78 is 0. The second kappa shape index (κ2) is 3.18. The van der Waals surface area contributed by atoms with Gasteiger partial charge in [-0.15, -0.1) is 0 Å². The summed E-state index contributed by atoms with van der Waals surface area (Å²) in [4.78, 5) is 13.4. The predicted molar refractivity (Wildman–Crippen MR) is 55.2 cm³/mol. The van der Waals surface area contributed by atoms with E-state index in [1.165, 1.54) is 0 Å². The van der Waals surface area contributed by atoms with Crippen molar-refractivity contribution >= 4 is 11.4 Å². The third-order valence-corrected chi connectivity index (χ3v) is 2.39. The van der Waals surface area contributed by atoms with Crippen molar-refractivity contribution in [1.82, 2.24) is 4.90 Å². The molecule has 1 heterocycles. The molecule has 1 aromatic carbocycles. The van der Waals surface area contributed by atoms with Crippen LogP contribution < -0.4 is 5.73 Å². The summed E-state index contributed by atoms with van der Waals surface area (Å²) in [6, 6.07) is 9.53. The molecule has 0 atom stereocenters. The molecular formula is C11H12N2O. The molecule has 72 valence electrons. The zero-order valence-electron chi connectivity index (χ0n) is 8.03. The van der Waals surface area contributed by atoms with Crippen LogP contribution >= 0.6 is 0 Å². The SMILES string of the molecule is CN1CC(=O)C(c2ccccc2)=C1N. The highest BCUT2D eigenvalue weighted by Gasteiger charge is 2.26. The smallest absolute Gasteiger partial charge is 0.186 e. The van der Waals surface area contributed by atoms with Crippen molar-refractivity contribution in [3.63, 3.8) is 0 Å². The Morgan fingerprint density at radius 2 is 1.93 bits per heavy atom. The number of carbonyl (C=O) groups excluding carboxylic acids is 1. The number of ketones is 1. The molecule has 0 saturated heterocycles. The highest BCUT2D eigenvalue weighted by Crippen LogP contribution is 2.24. The van der Waals surface area contributed by atoms with Gasteiger partial charge in [0.1, 0.15) is 5.82 Å². The highest BCUT2D eigenvalue weighted by molar-refractivity contribution is 6.24. The van der Waals surface area contributed by atoms with Crippen molar-refractivity contribution in [2.24, 2.45) is 5.73 Å². The van der Waals surface area contributed by atoms with Gasteiger partial charge in [-0.05, 0) is 5.56 Å². The zero-order valence-corrected chi connectivity index (χ0v) is 8.03. The van der Waals surface area contributed by atoms with Gasteiger partial charge < -0.3 is 10.6 Å². The van der Waals surface area contributed by atoms with Crippen LogP contribution in [0.15, 0.2) is 36.2 Å². The zero-order chi connectivity index (χ0) is 10.1. The Bertz CT molecular complexity index is 395. The van der Waals surface area contributed by atoms with E-state index < -0.39 is 0 Å². The third-order valence-electron chi connectivity index (χ3n) is 2.39. The number of hydrogen-bond acceptors (Lipinski definition) is 3. The first-order chi connectivity index (χ1) is 6.70. The van der Waals surface area contributed by atoms with Crippen LogP contribution in [0.3, 0.4) is 0 Å². The van der Waals surface area contributed by atoms with Crippen molar-refractivity contribution in [1.29, 1.82) is 0 Å². The molecule has 0 aliphatic carbocycles. The van der Waals surface area contributed by atoms with Gasteiger partial charge in [0.05, 0.1) is 12.1 Å². The fourth-order valence-electron chi connectivity index (χ4n) is 1.63. The second-order valence-electron chi connectivity index (χ2n) is 3.41. The summed E-state index contributed by atoms with van der Waals surface area (Å²) in [5.41, 5.74) is 7.38. The Morgan fingerprint density at radius 1 is 1.29 bits per heavy atom. The van der Waals surface area contributed by atoms with E-state index in [4.69, 9.17) is 5.73 Å². The minimum Gasteiger partial charge on any atom is -0.385 e. The summed E-state index contributed by atoms with van der Waals surface area (Å²) >= 11 is 0. The molecule has 0 saturated carbocycles. The van der Waals surface area contributed by atoms with Gasteiger partial charge in [-0.1, -0.05) is 30.3 Å². The van der Waals surface area contributed by atoms with Crippen LogP contribution in [0.2, 0.25) is 0 Å². The summed E-state index contributed by atoms with van der Waals surface area (Å²) in [5, 5.41) is 0. The third kappa shape index (κ3) is 1.27. The fraction of sp³-hybridized carbons (Fsp3) is 0.182. The molecule has 1 aliphatic heterocycles. The molecule has 14 heavy (non-hydrogen) atoms. The lowest BCUT2D eigenvalue weighted by Crippen LogP contribution is -2.20. The Hall–Kier alpha value is -1.77. The van der Waals surface area contributed by atoms with E-state index in [0.717, 1.165) is 5.56 Å². The second-order valence-corrected chi connectivity index (χ2v) is 3.41. The highest BCUT2D eigenvalue weighted by atomic mass is 16.1. The van der Waals surface area contributed by atoms with Crippen LogP contribution in [0.5, 0.6) is 0 Å². The van der Waals surface area contributed by atoms with Gasteiger partial charge in [-0.2, -0.15) is 0 Å². The van der Waals surface area contributed by atoms with Gasteiger partial charge in [-0.25, -0.2) is 0 Å². The lowest BCUT2D eigenvalue weighted by molar-refractivity contribution is -0.113. The molecule has 0 spiro atoms. The van der Waals surface area contributed by atoms with Gasteiger partial charge in [-0.3, -0.25) is 4.79 Å². The molecule has 1 aromatic rings. The van der Waals surface area contributed by atoms with Gasteiger partial charge in [0.2, 0.25) is 0 Å². The van der Waals surface area contributed by atoms with E-state index >= 15 is 0 Å². The van der Waals surface area contributed by atoms with Crippen molar-refractivity contribution in [3.05, 3.63) is 41.7 Å². The number of likely N-dealkylation sites (N-methyl/N-ethyl adjacent to an activating group) is 1. The molecule has 1 aliphatic rings. The van der Waals surface area contributed by atoms with Crippen LogP contribution in [0.1, 0.15) is 5.56 Å². The molecule has 2 N–H and O–H groups in total. The molecular weight excluding hydrogens is 176 g/mol. The average molecular weight is 188 g/mol. The van der Waals surface area contributed by atoms with Gasteiger partial charge in [0, 0.05) is 7.05 Å². The van der Waals surface area contributed by atoms with E-state index in [0.29, 0.717) is 17.9 Å². The summed E-state index contributed by atoms with van der Waals surface area (Å²) in [7, 11) is 1.82. The van der Waals surface area contributed by atoms with Gasteiger partial charge in [0.15, 0.2) is 5.78 Å². The Balaban J connectivity index is 2.49. The molecule has 2 rings (SSSR count). The lowest BCUT2D eigenvalue weighted by Gasteiger charge is -2.09. The molecule has 0 amide bonds. The first kappa shape index (κ1) is 8.81. The van der Waals surface area contributed by atoms with Crippen molar-refractivity contribution in [3.8, 4) is 0 Å². The average Bonchev–Trinajstić information content (AvgIpc) is 2.43. The van der Waals surface area contributed by atoms with Crippen molar-refractivity contribution in [2.45, 2.75) is 0 Å². The van der Waals surface area contributed by atoms with Gasteiger partial charge in [0.25, 0.3) is 0 Å². The molecule has 3 heteroatoms. The number of benzene rings is 1. The Labute approximate surface area is 82.8 Å². The standard InChI is InChI=1S/C11H12N2O/c1-13-7-9(14)10(11(13)12)8-5-3-2-4-6-8/h2-6H,7,12H2,1H3. The maximum atomic E-state index is 11.6. The van der Waals surface area contributed by atoms with Crippen molar-refractivity contribution in [2.75, 3.05) is 13.6 Å². The van der Waals surface area contributed by atoms with E-state index in [1.54, 1.807) is 4.90 Å². The van der Waals surface area contributed by atoms with Crippen LogP contribution in [0, 0.1) is 0 Å². The number of hydrogen-bond donors (Lipinski definition) is 1. The van der Waals surface area contributed by atoms with Crippen LogP contribution in [-0.4, -0.2) is 24.3 Å². The first-order valence-corrected chi connectivity index (χ1v) is 4.49. The van der Waals surface area contributed by atoms with Crippen LogP contribution in [-0.2, 0) is 4.79 Å². The van der Waals surface area contributed by atoms with Crippen LogP contribution in [0.25, 0.3) is 5.57 Å². The minimum absolute atomic E-state index is 0.0937. The van der Waals surface area contributed by atoms with Crippen LogP contribution in [0.4, 0.5) is 0 Å². The minimum atomic E-state index is 0.0937. The normalized spacial score (nSPS) is 16.6. The quantitative estimate of drug-likeness (QED) is 0.710. The molecule has 0 fully saturated rings. The number of nitrogens with zero attached hydrogens (tertiary/aromatic N) is 1. The Morgan fingerprint density at radius 3 is 2.43 bits per heavy atom. The van der Waals surface area contributed by atoms with E-state index in [-0.39, 0.29) is 5.78 Å². The van der Waals surface area contributed by atoms with E-state index in [1.807, 2.05) is 37.4 Å². The van der Waals surface area contributed by atoms with E-state index in [9.17, 15) is 4.79 Å². The molecule has 0 unspecified atom stereocenters. The topological polar surface area (TPSA) is 46.3 Å². The molecule has 0 aromatic heterocycles. The Kier molecular flexibility index (Phi) is 2.00. The number of carbonyl (C=O) groups is 1. The van der Waals surface area contributed by atoms with Gasteiger partial charge >= 0.3 is 0 Å². The number of nitrogens with two attached hydrogens (primary N) is 1. The summed E-state index contributed by atoms with van der Waals surface area (Å²) in [6.45, 7) is 0.385. The van der Waals surface area contributed by atoms with E-state index in [2.05, 4.69) is 0 Å². The molecule has 0 radical (unpaired) electrons. The number of rotatable bonds is 1. The predicted octanol–water partition coefficient (Wildman–Crippen LogP) is 0.828. The summed E-state index contributed by atoms with van der Waals surface area (Å²) in [6.07, 6.45) is 0. The van der Waals surface area contributed by atoms with Crippen molar-refractivity contribution < 1.29 is 4.79 Å². The lowest BCUT2D eigenvalue weighted by atomic mass is 10.0. The first-order valence-electron chi connectivity index (χ1n) is 4.49. The fourth-order valence-corrected chi connectivity index (χ4v) is 1.63. The maximum absolute atomic E-state index is 11.6. The largest absolute Gasteiger partial charge is 0.385 e. The molecule has 3 nitrogen and oxygen atoms in total. The number of Topliss-reactive ketones (excluding diaryl/α,β-unsaturated/α-hetero) is 1. The maximum Gasteiger partial charge on any atom is 0.186 e. The molecule has 0 bridgehead atoms. The monoisotopic (exact) mass is 188 g/mol. The summed E-state index contributed by atoms with van der Waals surface area (Å²) in [5.74, 6) is 0.664.